The average Bonchev–Trinajstić information content (AvgIpc) is 2.27. The van der Waals surface area contributed by atoms with Crippen molar-refractivity contribution >= 4 is 5.82 Å². The second-order valence-electron chi connectivity index (χ2n) is 3.66. The van der Waals surface area contributed by atoms with Crippen molar-refractivity contribution in [3.63, 3.8) is 0 Å². The van der Waals surface area contributed by atoms with Gasteiger partial charge in [-0.15, -0.1) is 0 Å². The molecule has 5 heteroatoms. The zero-order valence-electron chi connectivity index (χ0n) is 9.33. The predicted molar refractivity (Wildman–Crippen MR) is 63.3 cm³/mol. The number of hydrogen-bond acceptors (Lipinski definition) is 3. The van der Waals surface area contributed by atoms with E-state index in [1.807, 2.05) is 0 Å². The van der Waals surface area contributed by atoms with Gasteiger partial charge in [-0.2, -0.15) is 0 Å². The molecule has 0 saturated heterocycles. The molecule has 2 N–H and O–H groups in total. The number of aryl methyl sites for hydroxylation is 1. The summed E-state index contributed by atoms with van der Waals surface area (Å²) in [6, 6.07) is 7.81. The number of nitrogens with zero attached hydrogens (tertiary/aromatic N) is 1. The fraction of sp³-hybridized carbons (Fsp3) is 0.167. The number of anilines is 1. The first kappa shape index (κ1) is 11.3. The van der Waals surface area contributed by atoms with Gasteiger partial charge in [0.1, 0.15) is 17.5 Å². The summed E-state index contributed by atoms with van der Waals surface area (Å²) >= 11 is 0. The molecule has 4 nitrogen and oxygen atoms in total. The number of aromatic amines is 1. The molecule has 1 aromatic carbocycles. The standard InChI is InChI=1S/C12H12FN3O/c1-8-15-11(6-12(17)16-8)14-7-9-4-2-3-5-10(9)13/h2-6H,7H2,1H3,(H2,14,15,16,17). The Hall–Kier alpha value is -2.17. The summed E-state index contributed by atoms with van der Waals surface area (Å²) in [7, 11) is 0. The van der Waals surface area contributed by atoms with Crippen molar-refractivity contribution in [1.82, 2.24) is 9.97 Å². The Balaban J connectivity index is 2.13. The van der Waals surface area contributed by atoms with Crippen LogP contribution in [0.5, 0.6) is 0 Å². The first-order valence-electron chi connectivity index (χ1n) is 5.20. The molecule has 0 saturated carbocycles. The summed E-state index contributed by atoms with van der Waals surface area (Å²) < 4.78 is 13.3. The number of hydrogen-bond donors (Lipinski definition) is 2. The molecule has 0 spiro atoms. The molecule has 0 fully saturated rings. The Bertz CT molecular complexity index is 580. The maximum Gasteiger partial charge on any atom is 0.252 e. The van der Waals surface area contributed by atoms with Crippen LogP contribution in [-0.4, -0.2) is 9.97 Å². The predicted octanol–water partition coefficient (Wildman–Crippen LogP) is 1.83. The largest absolute Gasteiger partial charge is 0.366 e. The Morgan fingerprint density at radius 3 is 2.88 bits per heavy atom. The Morgan fingerprint density at radius 1 is 1.41 bits per heavy atom. The minimum atomic E-state index is -0.276. The molecule has 0 unspecified atom stereocenters. The molecule has 0 radical (unpaired) electrons. The molecular formula is C12H12FN3O. The van der Waals surface area contributed by atoms with E-state index in [4.69, 9.17) is 0 Å². The van der Waals surface area contributed by atoms with E-state index in [1.54, 1.807) is 25.1 Å². The van der Waals surface area contributed by atoms with E-state index in [9.17, 15) is 9.18 Å². The summed E-state index contributed by atoms with van der Waals surface area (Å²) in [5.74, 6) is 0.685. The van der Waals surface area contributed by atoms with E-state index in [0.717, 1.165) is 0 Å². The third-order valence-corrected chi connectivity index (χ3v) is 2.28. The molecule has 0 atom stereocenters. The van der Waals surface area contributed by atoms with Crippen molar-refractivity contribution in [2.75, 3.05) is 5.32 Å². The van der Waals surface area contributed by atoms with Crippen LogP contribution in [0.1, 0.15) is 11.4 Å². The van der Waals surface area contributed by atoms with Crippen molar-refractivity contribution < 1.29 is 4.39 Å². The van der Waals surface area contributed by atoms with Crippen LogP contribution in [0.15, 0.2) is 35.1 Å². The molecule has 0 aliphatic carbocycles. The second-order valence-corrected chi connectivity index (χ2v) is 3.66. The zero-order chi connectivity index (χ0) is 12.3. The van der Waals surface area contributed by atoms with Gasteiger partial charge in [-0.3, -0.25) is 4.79 Å². The highest BCUT2D eigenvalue weighted by Crippen LogP contribution is 2.08. The van der Waals surface area contributed by atoms with Gasteiger partial charge in [0, 0.05) is 18.2 Å². The normalized spacial score (nSPS) is 10.2. The molecule has 2 aromatic rings. The Morgan fingerprint density at radius 2 is 2.18 bits per heavy atom. The maximum atomic E-state index is 13.3. The topological polar surface area (TPSA) is 57.8 Å². The van der Waals surface area contributed by atoms with Gasteiger partial charge in [0.15, 0.2) is 0 Å². The van der Waals surface area contributed by atoms with Gasteiger partial charge >= 0.3 is 0 Å². The fourth-order valence-corrected chi connectivity index (χ4v) is 1.50. The van der Waals surface area contributed by atoms with Gasteiger partial charge in [-0.1, -0.05) is 18.2 Å². The van der Waals surface area contributed by atoms with E-state index in [-0.39, 0.29) is 11.4 Å². The number of nitrogens with one attached hydrogen (secondary N) is 2. The lowest BCUT2D eigenvalue weighted by Gasteiger charge is -2.06. The molecule has 1 aromatic heterocycles. The van der Waals surface area contributed by atoms with Gasteiger partial charge in [-0.05, 0) is 13.0 Å². The van der Waals surface area contributed by atoms with E-state index in [2.05, 4.69) is 15.3 Å². The molecule has 88 valence electrons. The van der Waals surface area contributed by atoms with Crippen LogP contribution in [0.25, 0.3) is 0 Å². The number of benzene rings is 1. The summed E-state index contributed by atoms with van der Waals surface area (Å²) in [6.45, 7) is 1.98. The highest BCUT2D eigenvalue weighted by molar-refractivity contribution is 5.34. The zero-order valence-corrected chi connectivity index (χ0v) is 9.33. The molecule has 2 rings (SSSR count). The minimum absolute atomic E-state index is 0.228. The van der Waals surface area contributed by atoms with Crippen molar-refractivity contribution in [3.8, 4) is 0 Å². The smallest absolute Gasteiger partial charge is 0.252 e. The lowest BCUT2D eigenvalue weighted by Crippen LogP contribution is -2.12. The van der Waals surface area contributed by atoms with Gasteiger partial charge in [0.05, 0.1) is 0 Å². The van der Waals surface area contributed by atoms with E-state index in [0.29, 0.717) is 23.8 Å². The lowest BCUT2D eigenvalue weighted by molar-refractivity contribution is 0.613. The first-order chi connectivity index (χ1) is 8.15. The molecule has 0 aliphatic heterocycles. The third-order valence-electron chi connectivity index (χ3n) is 2.28. The molecule has 0 aliphatic rings. The SMILES string of the molecule is Cc1nc(NCc2ccccc2F)cc(=O)[nH]1. The Kier molecular flexibility index (Phi) is 3.18. The summed E-state index contributed by atoms with van der Waals surface area (Å²) in [5.41, 5.74) is 0.306. The molecule has 17 heavy (non-hydrogen) atoms. The summed E-state index contributed by atoms with van der Waals surface area (Å²) in [6.07, 6.45) is 0. The van der Waals surface area contributed by atoms with E-state index in [1.165, 1.54) is 12.1 Å². The van der Waals surface area contributed by atoms with Crippen LogP contribution >= 0.6 is 0 Å². The highest BCUT2D eigenvalue weighted by Gasteiger charge is 2.01. The average molecular weight is 233 g/mol. The van der Waals surface area contributed by atoms with Crippen LogP contribution < -0.4 is 10.9 Å². The Labute approximate surface area is 97.5 Å². The second kappa shape index (κ2) is 4.78. The van der Waals surface area contributed by atoms with Crippen LogP contribution in [0.3, 0.4) is 0 Å². The van der Waals surface area contributed by atoms with Crippen molar-refractivity contribution in [3.05, 3.63) is 57.9 Å². The quantitative estimate of drug-likeness (QED) is 0.850. The van der Waals surface area contributed by atoms with Gasteiger partial charge < -0.3 is 10.3 Å². The van der Waals surface area contributed by atoms with Crippen LogP contribution in [-0.2, 0) is 6.54 Å². The number of halogens is 1. The van der Waals surface area contributed by atoms with Crippen LogP contribution in [0.2, 0.25) is 0 Å². The van der Waals surface area contributed by atoms with Crippen molar-refractivity contribution in [1.29, 1.82) is 0 Å². The van der Waals surface area contributed by atoms with Gasteiger partial charge in [0.2, 0.25) is 0 Å². The van der Waals surface area contributed by atoms with Crippen LogP contribution in [0, 0.1) is 12.7 Å². The lowest BCUT2D eigenvalue weighted by atomic mass is 10.2. The van der Waals surface area contributed by atoms with Gasteiger partial charge in [-0.25, -0.2) is 9.37 Å². The number of aromatic nitrogens is 2. The van der Waals surface area contributed by atoms with Gasteiger partial charge in [0.25, 0.3) is 5.56 Å². The van der Waals surface area contributed by atoms with E-state index < -0.39 is 0 Å². The maximum absolute atomic E-state index is 13.3. The summed E-state index contributed by atoms with van der Waals surface area (Å²) in [4.78, 5) is 17.8. The molecule has 0 amide bonds. The molecule has 1 heterocycles. The molecular weight excluding hydrogens is 221 g/mol. The first-order valence-corrected chi connectivity index (χ1v) is 5.20. The molecule has 0 bridgehead atoms. The fourth-order valence-electron chi connectivity index (χ4n) is 1.50. The summed E-state index contributed by atoms with van der Waals surface area (Å²) in [5, 5.41) is 2.91. The van der Waals surface area contributed by atoms with Crippen molar-refractivity contribution in [2.24, 2.45) is 0 Å². The highest BCUT2D eigenvalue weighted by atomic mass is 19.1. The minimum Gasteiger partial charge on any atom is -0.366 e. The number of H-pyrrole nitrogens is 1. The van der Waals surface area contributed by atoms with Crippen molar-refractivity contribution in [2.45, 2.75) is 13.5 Å². The monoisotopic (exact) mass is 233 g/mol. The third kappa shape index (κ3) is 2.90. The number of rotatable bonds is 3. The van der Waals surface area contributed by atoms with E-state index >= 15 is 0 Å². The van der Waals surface area contributed by atoms with Crippen LogP contribution in [0.4, 0.5) is 10.2 Å².